The minimum absolute atomic E-state index is 0.130. The van der Waals surface area contributed by atoms with Crippen molar-refractivity contribution < 1.29 is 4.39 Å². The van der Waals surface area contributed by atoms with Crippen molar-refractivity contribution in [3.8, 4) is 11.1 Å². The van der Waals surface area contributed by atoms with Crippen LogP contribution in [0.3, 0.4) is 0 Å². The van der Waals surface area contributed by atoms with Gasteiger partial charge in [-0.3, -0.25) is 0 Å². The lowest BCUT2D eigenvalue weighted by molar-refractivity contribution is 0.589. The lowest BCUT2D eigenvalue weighted by Crippen LogP contribution is -2.21. The largest absolute Gasteiger partial charge is 0.367 e. The van der Waals surface area contributed by atoms with Crippen LogP contribution < -0.4 is 5.32 Å². The molecule has 0 spiro atoms. The Morgan fingerprint density at radius 3 is 2.73 bits per heavy atom. The summed E-state index contributed by atoms with van der Waals surface area (Å²) in [6, 6.07) is 4.71. The Labute approximate surface area is 161 Å². The number of nitrogens with one attached hydrogen (secondary N) is 1. The molecule has 138 valence electrons. The van der Waals surface area contributed by atoms with E-state index in [9.17, 15) is 4.39 Å². The zero-order valence-electron chi connectivity index (χ0n) is 14.6. The summed E-state index contributed by atoms with van der Waals surface area (Å²) >= 11 is 12.7. The molecule has 1 N–H and O–H groups in total. The second-order valence-corrected chi connectivity index (χ2v) is 6.85. The van der Waals surface area contributed by atoms with Gasteiger partial charge in [-0.2, -0.15) is 19.6 Å². The van der Waals surface area contributed by atoms with Gasteiger partial charge in [0.2, 0.25) is 0 Å². The second kappa shape index (κ2) is 8.18. The maximum absolute atomic E-state index is 14.6. The van der Waals surface area contributed by atoms with Crippen molar-refractivity contribution in [2.24, 2.45) is 0 Å². The van der Waals surface area contributed by atoms with Gasteiger partial charge in [-0.05, 0) is 25.0 Å². The monoisotopic (exact) mass is 395 g/mol. The van der Waals surface area contributed by atoms with Gasteiger partial charge in [0, 0.05) is 11.6 Å². The van der Waals surface area contributed by atoms with Crippen LogP contribution in [0.15, 0.2) is 24.5 Å². The van der Waals surface area contributed by atoms with Gasteiger partial charge in [0.15, 0.2) is 0 Å². The van der Waals surface area contributed by atoms with Crippen molar-refractivity contribution in [2.45, 2.75) is 45.6 Å². The molecule has 1 unspecified atom stereocenters. The third-order valence-electron chi connectivity index (χ3n) is 4.34. The van der Waals surface area contributed by atoms with Crippen molar-refractivity contribution in [1.29, 1.82) is 0 Å². The number of rotatable bonds is 7. The van der Waals surface area contributed by atoms with Gasteiger partial charge >= 0.3 is 0 Å². The smallest absolute Gasteiger partial charge is 0.255 e. The first-order valence-electron chi connectivity index (χ1n) is 8.66. The van der Waals surface area contributed by atoms with E-state index in [0.29, 0.717) is 17.2 Å². The van der Waals surface area contributed by atoms with Crippen LogP contribution in [0.2, 0.25) is 10.2 Å². The highest BCUT2D eigenvalue weighted by Crippen LogP contribution is 2.40. The summed E-state index contributed by atoms with van der Waals surface area (Å²) in [5.74, 6) is 0.428. The normalized spacial score (nSPS) is 12.5. The Kier molecular flexibility index (Phi) is 5.94. The molecule has 26 heavy (non-hydrogen) atoms. The first-order valence-corrected chi connectivity index (χ1v) is 9.42. The van der Waals surface area contributed by atoms with E-state index >= 15 is 0 Å². The van der Waals surface area contributed by atoms with Crippen LogP contribution in [0.5, 0.6) is 0 Å². The van der Waals surface area contributed by atoms with Crippen molar-refractivity contribution in [1.82, 2.24) is 19.6 Å². The van der Waals surface area contributed by atoms with E-state index in [2.05, 4.69) is 34.2 Å². The molecule has 5 nitrogen and oxygen atoms in total. The molecule has 2 aromatic heterocycles. The topological polar surface area (TPSA) is 55.1 Å². The Morgan fingerprint density at radius 1 is 1.23 bits per heavy atom. The minimum Gasteiger partial charge on any atom is -0.367 e. The zero-order valence-corrected chi connectivity index (χ0v) is 16.1. The number of fused-ring (bicyclic) bond motifs is 1. The highest BCUT2D eigenvalue weighted by atomic mass is 35.5. The lowest BCUT2D eigenvalue weighted by Gasteiger charge is -2.22. The number of benzene rings is 1. The second-order valence-electron chi connectivity index (χ2n) is 6.09. The molecule has 0 fully saturated rings. The fourth-order valence-corrected chi connectivity index (χ4v) is 3.45. The summed E-state index contributed by atoms with van der Waals surface area (Å²) in [6.45, 7) is 4.25. The molecule has 2 heterocycles. The molecule has 0 radical (unpaired) electrons. The van der Waals surface area contributed by atoms with E-state index in [0.717, 1.165) is 25.7 Å². The highest BCUT2D eigenvalue weighted by Gasteiger charge is 2.23. The zero-order chi connectivity index (χ0) is 18.7. The average molecular weight is 396 g/mol. The van der Waals surface area contributed by atoms with Gasteiger partial charge < -0.3 is 5.32 Å². The first kappa shape index (κ1) is 18.9. The van der Waals surface area contributed by atoms with Gasteiger partial charge in [-0.15, -0.1) is 0 Å². The van der Waals surface area contributed by atoms with Crippen LogP contribution in [0.25, 0.3) is 16.9 Å². The molecule has 0 bridgehead atoms. The molecule has 0 aliphatic rings. The summed E-state index contributed by atoms with van der Waals surface area (Å²) in [5.41, 5.74) is 0.597. The maximum Gasteiger partial charge on any atom is 0.255 e. The molecule has 0 aliphatic heterocycles. The Hall–Kier alpha value is -1.92. The lowest BCUT2D eigenvalue weighted by atomic mass is 10.0. The molecule has 1 atom stereocenters. The number of hydrogen-bond donors (Lipinski definition) is 1. The molecule has 0 amide bonds. The number of nitrogens with zero attached hydrogens (tertiary/aromatic N) is 4. The van der Waals surface area contributed by atoms with Gasteiger partial charge in [0.1, 0.15) is 23.1 Å². The highest BCUT2D eigenvalue weighted by molar-refractivity contribution is 6.36. The molecule has 1 aromatic carbocycles. The third-order valence-corrected chi connectivity index (χ3v) is 4.92. The average Bonchev–Trinajstić information content (AvgIpc) is 3.08. The fraction of sp³-hybridized carbons (Fsp3) is 0.389. The molecule has 8 heteroatoms. The predicted octanol–water partition coefficient (Wildman–Crippen LogP) is 5.62. The number of anilines is 1. The molecule has 0 aliphatic carbocycles. The van der Waals surface area contributed by atoms with Crippen LogP contribution in [0, 0.1) is 5.82 Å². The van der Waals surface area contributed by atoms with E-state index in [1.54, 1.807) is 16.6 Å². The van der Waals surface area contributed by atoms with E-state index < -0.39 is 5.82 Å². The molecular weight excluding hydrogens is 376 g/mol. The maximum atomic E-state index is 14.6. The third kappa shape index (κ3) is 3.62. The van der Waals surface area contributed by atoms with Gasteiger partial charge in [0.05, 0.1) is 10.6 Å². The Morgan fingerprint density at radius 2 is 2.04 bits per heavy atom. The predicted molar refractivity (Wildman–Crippen MR) is 103 cm³/mol. The number of unbranched alkanes of at least 4 members (excludes halogenated alkanes) is 1. The SMILES string of the molecule is CCCCC(CC)Nc1c(-c2c(F)cccc2Cl)c(Cl)nc2ncnn12. The Bertz CT molecular complexity index is 892. The minimum atomic E-state index is -0.467. The summed E-state index contributed by atoms with van der Waals surface area (Å²) < 4.78 is 16.1. The molecule has 3 rings (SSSR count). The Balaban J connectivity index is 2.20. The quantitative estimate of drug-likeness (QED) is 0.527. The molecule has 0 saturated heterocycles. The standard InChI is InChI=1S/C18H20Cl2FN5/c1-3-5-7-11(4-2)24-17-15(14-12(19)8-6-9-13(14)21)16(20)25-18-22-10-23-26(17)18/h6,8-11,24H,3-5,7H2,1-2H3. The van der Waals surface area contributed by atoms with Gasteiger partial charge in [0.25, 0.3) is 5.78 Å². The summed E-state index contributed by atoms with van der Waals surface area (Å²) in [5, 5.41) is 8.09. The molecule has 3 aromatic rings. The van der Waals surface area contributed by atoms with Crippen LogP contribution in [0.4, 0.5) is 10.2 Å². The van der Waals surface area contributed by atoms with Gasteiger partial charge in [-0.25, -0.2) is 4.39 Å². The van der Waals surface area contributed by atoms with Crippen molar-refractivity contribution in [3.05, 3.63) is 40.5 Å². The van der Waals surface area contributed by atoms with Crippen LogP contribution >= 0.6 is 23.2 Å². The fourth-order valence-electron chi connectivity index (χ4n) is 2.93. The van der Waals surface area contributed by atoms with Crippen molar-refractivity contribution >= 4 is 34.8 Å². The summed E-state index contributed by atoms with van der Waals surface area (Å²) in [4.78, 5) is 8.34. The summed E-state index contributed by atoms with van der Waals surface area (Å²) in [6.07, 6.45) is 5.46. The number of halogens is 3. The van der Waals surface area contributed by atoms with Crippen molar-refractivity contribution in [3.63, 3.8) is 0 Å². The van der Waals surface area contributed by atoms with E-state index in [1.165, 1.54) is 12.4 Å². The van der Waals surface area contributed by atoms with Crippen LogP contribution in [-0.4, -0.2) is 25.6 Å². The summed E-state index contributed by atoms with van der Waals surface area (Å²) in [7, 11) is 0. The van der Waals surface area contributed by atoms with Gasteiger partial charge in [-0.1, -0.05) is 56.0 Å². The van der Waals surface area contributed by atoms with E-state index in [4.69, 9.17) is 23.2 Å². The van der Waals surface area contributed by atoms with E-state index in [1.807, 2.05) is 0 Å². The molecular formula is C18H20Cl2FN5. The first-order chi connectivity index (χ1) is 12.6. The van der Waals surface area contributed by atoms with E-state index in [-0.39, 0.29) is 21.8 Å². The number of hydrogen-bond acceptors (Lipinski definition) is 4. The van der Waals surface area contributed by atoms with Crippen molar-refractivity contribution in [2.75, 3.05) is 5.32 Å². The van der Waals surface area contributed by atoms with Crippen LogP contribution in [0.1, 0.15) is 39.5 Å². The number of aromatic nitrogens is 4. The molecule has 0 saturated carbocycles. The van der Waals surface area contributed by atoms with Crippen LogP contribution in [-0.2, 0) is 0 Å².